The molecular formula is C18H20ClFN2O2. The molecule has 1 atom stereocenters. The van der Waals surface area contributed by atoms with Crippen LogP contribution in [0.15, 0.2) is 48.5 Å². The summed E-state index contributed by atoms with van der Waals surface area (Å²) in [7, 11) is 0. The van der Waals surface area contributed by atoms with E-state index in [0.717, 1.165) is 5.56 Å². The molecule has 0 spiro atoms. The minimum Gasteiger partial charge on any atom is -0.489 e. The van der Waals surface area contributed by atoms with Crippen molar-refractivity contribution in [2.75, 3.05) is 19.7 Å². The first-order chi connectivity index (χ1) is 11.6. The molecule has 0 aliphatic carbocycles. The van der Waals surface area contributed by atoms with Gasteiger partial charge in [0.25, 0.3) is 0 Å². The third-order valence-corrected chi connectivity index (χ3v) is 3.62. The van der Waals surface area contributed by atoms with Gasteiger partial charge in [0.2, 0.25) is 5.91 Å². The highest BCUT2D eigenvalue weighted by atomic mass is 35.5. The van der Waals surface area contributed by atoms with Crippen LogP contribution in [-0.4, -0.2) is 25.6 Å². The normalized spacial score (nSPS) is 11.8. The van der Waals surface area contributed by atoms with E-state index in [9.17, 15) is 9.18 Å². The number of carbonyl (C=O) groups is 1. The summed E-state index contributed by atoms with van der Waals surface area (Å²) in [6.45, 7) is 2.77. The zero-order valence-electron chi connectivity index (χ0n) is 13.4. The minimum atomic E-state index is -0.398. The molecule has 1 amide bonds. The smallest absolute Gasteiger partial charge is 0.234 e. The average Bonchev–Trinajstić information content (AvgIpc) is 2.56. The molecule has 0 aromatic heterocycles. The molecule has 2 aromatic carbocycles. The highest BCUT2D eigenvalue weighted by Crippen LogP contribution is 2.17. The molecule has 4 nitrogen and oxygen atoms in total. The highest BCUT2D eigenvalue weighted by molar-refractivity contribution is 6.30. The Hall–Kier alpha value is -2.11. The van der Waals surface area contributed by atoms with Crippen LogP contribution in [0, 0.1) is 5.82 Å². The molecule has 0 bridgehead atoms. The number of hydrogen-bond donors (Lipinski definition) is 2. The summed E-state index contributed by atoms with van der Waals surface area (Å²) in [5.74, 6) is -0.322. The van der Waals surface area contributed by atoms with Gasteiger partial charge in [0, 0.05) is 11.6 Å². The van der Waals surface area contributed by atoms with Crippen molar-refractivity contribution < 1.29 is 13.9 Å². The van der Waals surface area contributed by atoms with E-state index < -0.39 is 5.82 Å². The van der Waals surface area contributed by atoms with Crippen LogP contribution in [0.4, 0.5) is 4.39 Å². The number of benzene rings is 2. The summed E-state index contributed by atoms with van der Waals surface area (Å²) < 4.78 is 18.6. The average molecular weight is 351 g/mol. The third kappa shape index (κ3) is 5.83. The van der Waals surface area contributed by atoms with Gasteiger partial charge in [-0.2, -0.15) is 0 Å². The molecule has 2 N–H and O–H groups in total. The predicted octanol–water partition coefficient (Wildman–Crippen LogP) is 3.32. The largest absolute Gasteiger partial charge is 0.489 e. The van der Waals surface area contributed by atoms with Crippen LogP contribution in [0.1, 0.15) is 18.5 Å². The standard InChI is InChI=1S/C18H20ClFN2O2/c1-13(14-5-4-6-15(19)11-14)22-18(23)12-21-9-10-24-17-8-3-2-7-16(17)20/h2-8,11,13,21H,9-10,12H2,1H3,(H,22,23). The summed E-state index contributed by atoms with van der Waals surface area (Å²) >= 11 is 5.94. The Bertz CT molecular complexity index is 682. The second-order valence-corrected chi connectivity index (χ2v) is 5.74. The van der Waals surface area contributed by atoms with E-state index in [2.05, 4.69) is 10.6 Å². The van der Waals surface area contributed by atoms with Crippen molar-refractivity contribution in [1.29, 1.82) is 0 Å². The fourth-order valence-corrected chi connectivity index (χ4v) is 2.35. The SMILES string of the molecule is CC(NC(=O)CNCCOc1ccccc1F)c1cccc(Cl)c1. The van der Waals surface area contributed by atoms with Crippen LogP contribution >= 0.6 is 11.6 Å². The molecule has 0 saturated carbocycles. The molecule has 1 unspecified atom stereocenters. The number of nitrogens with one attached hydrogen (secondary N) is 2. The van der Waals surface area contributed by atoms with Gasteiger partial charge in [-0.1, -0.05) is 35.9 Å². The van der Waals surface area contributed by atoms with Gasteiger partial charge in [0.1, 0.15) is 6.61 Å². The Labute approximate surface area is 146 Å². The first kappa shape index (κ1) is 18.2. The first-order valence-corrected chi connectivity index (χ1v) is 8.07. The molecule has 24 heavy (non-hydrogen) atoms. The molecule has 0 saturated heterocycles. The van der Waals surface area contributed by atoms with Crippen LogP contribution in [0.3, 0.4) is 0 Å². The summed E-state index contributed by atoms with van der Waals surface area (Å²) in [5.41, 5.74) is 0.943. The van der Waals surface area contributed by atoms with Crippen LogP contribution in [0.25, 0.3) is 0 Å². The quantitative estimate of drug-likeness (QED) is 0.718. The van der Waals surface area contributed by atoms with Gasteiger partial charge in [0.05, 0.1) is 12.6 Å². The van der Waals surface area contributed by atoms with Crippen molar-refractivity contribution in [2.24, 2.45) is 0 Å². The zero-order chi connectivity index (χ0) is 17.4. The monoisotopic (exact) mass is 350 g/mol. The van der Waals surface area contributed by atoms with Gasteiger partial charge in [0.15, 0.2) is 11.6 Å². The van der Waals surface area contributed by atoms with E-state index in [0.29, 0.717) is 11.6 Å². The Kier molecular flexibility index (Phi) is 7.03. The molecule has 6 heteroatoms. The number of halogens is 2. The van der Waals surface area contributed by atoms with Crippen LogP contribution in [0.5, 0.6) is 5.75 Å². The van der Waals surface area contributed by atoms with Crippen molar-refractivity contribution in [1.82, 2.24) is 10.6 Å². The van der Waals surface area contributed by atoms with Gasteiger partial charge in [-0.15, -0.1) is 0 Å². The fraction of sp³-hybridized carbons (Fsp3) is 0.278. The third-order valence-electron chi connectivity index (χ3n) is 3.38. The molecule has 0 fully saturated rings. The Morgan fingerprint density at radius 2 is 2.04 bits per heavy atom. The number of amides is 1. The second kappa shape index (κ2) is 9.25. The van der Waals surface area contributed by atoms with E-state index >= 15 is 0 Å². The molecule has 0 radical (unpaired) electrons. The van der Waals surface area contributed by atoms with Gasteiger partial charge in [-0.3, -0.25) is 4.79 Å². The first-order valence-electron chi connectivity index (χ1n) is 7.69. The number of para-hydroxylation sites is 1. The molecule has 128 valence electrons. The van der Waals surface area contributed by atoms with Gasteiger partial charge >= 0.3 is 0 Å². The number of hydrogen-bond acceptors (Lipinski definition) is 3. The van der Waals surface area contributed by atoms with E-state index in [1.165, 1.54) is 6.07 Å². The summed E-state index contributed by atoms with van der Waals surface area (Å²) in [5, 5.41) is 6.47. The summed E-state index contributed by atoms with van der Waals surface area (Å²) in [4.78, 5) is 11.9. The maximum absolute atomic E-state index is 13.3. The maximum atomic E-state index is 13.3. The predicted molar refractivity (Wildman–Crippen MR) is 92.8 cm³/mol. The van der Waals surface area contributed by atoms with Crippen LogP contribution in [0.2, 0.25) is 5.02 Å². The topological polar surface area (TPSA) is 50.4 Å². The fourth-order valence-electron chi connectivity index (χ4n) is 2.15. The zero-order valence-corrected chi connectivity index (χ0v) is 14.1. The van der Waals surface area contributed by atoms with E-state index in [-0.39, 0.29) is 30.9 Å². The van der Waals surface area contributed by atoms with Gasteiger partial charge in [-0.05, 0) is 36.8 Å². The maximum Gasteiger partial charge on any atom is 0.234 e. The van der Waals surface area contributed by atoms with Crippen molar-refractivity contribution in [3.05, 3.63) is 64.9 Å². The van der Waals surface area contributed by atoms with Crippen molar-refractivity contribution in [3.63, 3.8) is 0 Å². The summed E-state index contributed by atoms with van der Waals surface area (Å²) in [6, 6.07) is 13.4. The lowest BCUT2D eigenvalue weighted by Crippen LogP contribution is -2.36. The lowest BCUT2D eigenvalue weighted by atomic mass is 10.1. The number of ether oxygens (including phenoxy) is 1. The van der Waals surface area contributed by atoms with Crippen LogP contribution in [-0.2, 0) is 4.79 Å². The Balaban J connectivity index is 1.65. The second-order valence-electron chi connectivity index (χ2n) is 5.30. The molecule has 2 aromatic rings. The Morgan fingerprint density at radius 3 is 2.79 bits per heavy atom. The van der Waals surface area contributed by atoms with Crippen molar-refractivity contribution in [3.8, 4) is 5.75 Å². The lowest BCUT2D eigenvalue weighted by Gasteiger charge is -2.15. The number of carbonyl (C=O) groups excluding carboxylic acids is 1. The van der Waals surface area contributed by atoms with Crippen LogP contribution < -0.4 is 15.4 Å². The lowest BCUT2D eigenvalue weighted by molar-refractivity contribution is -0.120. The Morgan fingerprint density at radius 1 is 1.25 bits per heavy atom. The van der Waals surface area contributed by atoms with Gasteiger partial charge in [-0.25, -0.2) is 4.39 Å². The highest BCUT2D eigenvalue weighted by Gasteiger charge is 2.09. The van der Waals surface area contributed by atoms with Crippen molar-refractivity contribution in [2.45, 2.75) is 13.0 Å². The number of rotatable bonds is 8. The van der Waals surface area contributed by atoms with Gasteiger partial charge < -0.3 is 15.4 Å². The minimum absolute atomic E-state index is 0.131. The molecule has 0 heterocycles. The van der Waals surface area contributed by atoms with E-state index in [4.69, 9.17) is 16.3 Å². The molecule has 0 aliphatic rings. The molecular weight excluding hydrogens is 331 g/mol. The van der Waals surface area contributed by atoms with E-state index in [1.54, 1.807) is 24.3 Å². The molecule has 2 rings (SSSR count). The van der Waals surface area contributed by atoms with E-state index in [1.807, 2.05) is 25.1 Å². The summed E-state index contributed by atoms with van der Waals surface area (Å²) in [6.07, 6.45) is 0. The van der Waals surface area contributed by atoms with Crippen molar-refractivity contribution >= 4 is 17.5 Å². The molecule has 0 aliphatic heterocycles.